The zero-order chi connectivity index (χ0) is 100.0. The first-order chi connectivity index (χ1) is 62.3. The van der Waals surface area contributed by atoms with E-state index in [2.05, 4.69) is 42.5 Å². The van der Waals surface area contributed by atoms with Crippen LogP contribution in [0, 0.1) is 0 Å². The number of phenols is 4. The standard InChI is InChI=1S/C35H43N5O13.C33H41N5O12.2C5H9NO2S.C4F6O2.CH4/c1-15-30(45)19(36)11-25(52-15)53-21-13-35(50,22(14-41)38-40-24(44)10-5-4-9-23(43)39-37-16(2)42)12-18-27(21)34(49)29-28(32(18)47)31(46)17-7-6-8-20(51-3)26(17)33(29)48;1-14-28(42)17(34)10-23(49-14)50-19-12-33(47,20(13-39)37-38-22(41)9-4-3-8-21(40)36-35)11-16-25(19)32(46)27-26(30(16)44)29(43)15-6-5-7-18(48-2)24(15)31(27)45;2*1-4(7)9-3-5(8)6-2;5-3(6,7)1(11)2(12)4(8,9)10;/h6-8,15,19,21,25,30,41,45,47,49-50H,4-5,9-14,36H2,1-3H3,(H,37,42)(H,39,43)(H,40,44);5-7,14,17,19,23,28,39,42,44,46-47H,3-4,8-13,34-35H2,1-2H3,(H,36,40)(H,38,41);2*3H2,1-2H3,(H,6,8);;1H4/b38-22+;37-20+;;;;/t15?,19?,21-,25?,30?,35-;14?,17?,19-,23?,28?,33-;;;;/m00..../s1. The summed E-state index contributed by atoms with van der Waals surface area (Å²) in [5.41, 5.74) is 15.1. The van der Waals surface area contributed by atoms with Crippen molar-refractivity contribution in [2.75, 3.05) is 53.0 Å². The fourth-order valence-electron chi connectivity index (χ4n) is 14.3. The lowest BCUT2D eigenvalue weighted by molar-refractivity contribution is -0.246. The highest BCUT2D eigenvalue weighted by molar-refractivity contribution is 8.14. The lowest BCUT2D eigenvalue weighted by Gasteiger charge is -2.43. The van der Waals surface area contributed by atoms with Crippen LogP contribution in [-0.2, 0) is 84.5 Å². The number of hydrazone groups is 2. The molecular formula is C83H106F6N12O31S2. The first-order valence-electron chi connectivity index (χ1n) is 40.3. The van der Waals surface area contributed by atoms with Gasteiger partial charge in [0, 0.05) is 145 Å². The number of hydrogen-bond donors (Lipinski definition) is 20. The fourth-order valence-corrected chi connectivity index (χ4v) is 15.3. The number of Topliss-reactive ketones (excluding diaryl/α,β-unsaturated/α-hetero) is 2. The van der Waals surface area contributed by atoms with Crippen LogP contribution in [0.2, 0.25) is 0 Å². The van der Waals surface area contributed by atoms with Gasteiger partial charge in [-0.3, -0.25) is 88.2 Å². The average molecular weight is 1950 g/mol. The van der Waals surface area contributed by atoms with Gasteiger partial charge in [0.25, 0.3) is 0 Å². The quantitative estimate of drug-likeness (QED) is 0.00500. The van der Waals surface area contributed by atoms with Gasteiger partial charge in [-0.25, -0.2) is 16.7 Å². The number of methoxy groups -OCH3 is 2. The number of aliphatic hydroxyl groups excluding tert-OH is 4. The van der Waals surface area contributed by atoms with Gasteiger partial charge in [0.15, 0.2) is 34.4 Å². The van der Waals surface area contributed by atoms with Crippen molar-refractivity contribution in [2.24, 2.45) is 27.5 Å². The number of aromatic hydroxyl groups is 4. The van der Waals surface area contributed by atoms with Crippen LogP contribution in [0.15, 0.2) is 46.6 Å². The second-order valence-electron chi connectivity index (χ2n) is 30.4. The Hall–Kier alpha value is -11.6. The smallest absolute Gasteiger partial charge is 0.458 e. The van der Waals surface area contributed by atoms with E-state index in [1.165, 1.54) is 71.4 Å². The minimum absolute atomic E-state index is 0. The number of ketones is 6. The van der Waals surface area contributed by atoms with Crippen molar-refractivity contribution in [1.82, 2.24) is 37.8 Å². The maximum atomic E-state index is 13.9. The highest BCUT2D eigenvalue weighted by Gasteiger charge is 2.56. The number of rotatable bonds is 27. The molecule has 6 aliphatic rings. The van der Waals surface area contributed by atoms with Crippen molar-refractivity contribution in [3.05, 3.63) is 103 Å². The number of unbranched alkanes of at least 4 members (excludes halogenated alkanes) is 2. The van der Waals surface area contributed by atoms with Crippen molar-refractivity contribution in [2.45, 2.75) is 217 Å². The molecule has 0 radical (unpaired) electrons. The molecule has 4 aromatic carbocycles. The molecule has 23 N–H and O–H groups in total. The minimum atomic E-state index is -5.77. The van der Waals surface area contributed by atoms with Gasteiger partial charge in [0.05, 0.1) is 120 Å². The molecule has 2 fully saturated rings. The molecule has 12 atom stereocenters. The van der Waals surface area contributed by atoms with Crippen LogP contribution in [-0.4, -0.2) is 274 Å². The third-order valence-electron chi connectivity index (χ3n) is 21.0. The van der Waals surface area contributed by atoms with Crippen molar-refractivity contribution in [1.29, 1.82) is 0 Å². The molecule has 738 valence electrons. The molecule has 7 amide bonds. The Balaban J connectivity index is 0.000000360. The number of hydrogen-bond acceptors (Lipinski definition) is 38. The van der Waals surface area contributed by atoms with Gasteiger partial charge in [0.1, 0.15) is 45.7 Å². The number of halogens is 6. The van der Waals surface area contributed by atoms with Crippen molar-refractivity contribution in [3.8, 4) is 34.5 Å². The molecule has 2 aliphatic heterocycles. The molecule has 2 saturated heterocycles. The number of nitrogens with zero attached hydrogens (tertiary/aromatic N) is 2. The number of nitrogens with one attached hydrogen (secondary N) is 7. The maximum absolute atomic E-state index is 13.9. The van der Waals surface area contributed by atoms with Crippen LogP contribution >= 0.6 is 23.5 Å². The number of aliphatic hydroxyl groups is 6. The van der Waals surface area contributed by atoms with Crippen LogP contribution in [0.4, 0.5) is 26.3 Å². The summed E-state index contributed by atoms with van der Waals surface area (Å²) in [6.45, 7) is 5.49. The van der Waals surface area contributed by atoms with Crippen LogP contribution in [0.5, 0.6) is 34.5 Å². The van der Waals surface area contributed by atoms with Gasteiger partial charge in [-0.05, 0) is 51.7 Å². The first kappa shape index (κ1) is 113. The second kappa shape index (κ2) is 49.6. The average Bonchev–Trinajstić information content (AvgIpc) is 0.712. The summed E-state index contributed by atoms with van der Waals surface area (Å²) in [4.78, 5) is 175. The van der Waals surface area contributed by atoms with E-state index in [1.54, 1.807) is 27.9 Å². The number of carbonyl (C=O) groups excluding carboxylic acids is 15. The molecule has 8 unspecified atom stereocenters. The zero-order valence-corrected chi connectivity index (χ0v) is 74.4. The normalized spacial score (nSPS) is 22.0. The summed E-state index contributed by atoms with van der Waals surface area (Å²) in [6, 6.07) is 7.13. The SMILES string of the molecule is C.CNC(=O)CSC(C)=O.CNC(=O)CSC(C)=O.COc1cccc2c1C(=O)c1c(O)c3c(c(O)c1C2=O)C[C@@](O)(/C(CO)=N/NC(=O)CCCCC(=O)NN)C[C@@H]3OC1CC(N)C(O)C(C)O1.COc1cccc2c1C(=O)c1c(O)c3c(c(O)c1C2=O)C[C@@](O)(/C(CO)=N/NC(=O)CCCCC(=O)NNC(C)=O)C[C@@H]3OC1CC(N)C(O)C(C)O1.O=C(C(=O)C(F)(F)F)C(F)(F)F. The molecule has 51 heteroatoms. The third-order valence-corrected chi connectivity index (χ3v) is 22.7. The van der Waals surface area contributed by atoms with Gasteiger partial charge < -0.3 is 102 Å². The van der Waals surface area contributed by atoms with Gasteiger partial charge >= 0.3 is 23.9 Å². The molecule has 4 aliphatic carbocycles. The monoisotopic (exact) mass is 1940 g/mol. The Morgan fingerprint density at radius 3 is 1.15 bits per heavy atom. The lowest BCUT2D eigenvalue weighted by Crippen LogP contribution is -2.53. The number of amides is 7. The number of alkyl halides is 6. The molecule has 134 heavy (non-hydrogen) atoms. The number of hydrazine groups is 2. The summed E-state index contributed by atoms with van der Waals surface area (Å²) in [7, 11) is 5.72. The van der Waals surface area contributed by atoms with Crippen molar-refractivity contribution >= 4 is 121 Å². The molecule has 0 bridgehead atoms. The lowest BCUT2D eigenvalue weighted by atomic mass is 9.71. The Morgan fingerprint density at radius 2 is 0.851 bits per heavy atom. The number of nitrogens with two attached hydrogens (primary N) is 3. The van der Waals surface area contributed by atoms with Gasteiger partial charge in [0.2, 0.25) is 52.9 Å². The van der Waals surface area contributed by atoms with Crippen molar-refractivity contribution < 1.29 is 178 Å². The zero-order valence-electron chi connectivity index (χ0n) is 72.7. The predicted octanol–water partition coefficient (Wildman–Crippen LogP) is 0.996. The third kappa shape index (κ3) is 28.5. The van der Waals surface area contributed by atoms with Gasteiger partial charge in [-0.1, -0.05) is 55.2 Å². The summed E-state index contributed by atoms with van der Waals surface area (Å²) >= 11 is 2.03. The molecule has 10 rings (SSSR count). The van der Waals surface area contributed by atoms with E-state index >= 15 is 0 Å². The number of benzene rings is 4. The van der Waals surface area contributed by atoms with E-state index in [1.807, 2.05) is 5.43 Å². The number of fused-ring (bicyclic) bond motifs is 6. The Labute approximate surface area is 768 Å². The Bertz CT molecular complexity index is 5080. The van der Waals surface area contributed by atoms with E-state index in [9.17, 15) is 149 Å². The van der Waals surface area contributed by atoms with Crippen LogP contribution in [0.25, 0.3) is 0 Å². The van der Waals surface area contributed by atoms with Gasteiger partial charge in [-0.2, -0.15) is 36.5 Å². The first-order valence-corrected chi connectivity index (χ1v) is 42.3. The second-order valence-corrected chi connectivity index (χ2v) is 32.7. The molecular weight excluding hydrogens is 1840 g/mol. The Morgan fingerprint density at radius 1 is 0.515 bits per heavy atom. The summed E-state index contributed by atoms with van der Waals surface area (Å²) in [6.07, 6.45) is -20.9. The van der Waals surface area contributed by atoms with E-state index in [-0.39, 0.29) is 159 Å². The largest absolute Gasteiger partial charge is 0.507 e. The molecule has 2 heterocycles. The Kier molecular flexibility index (Phi) is 41.8. The van der Waals surface area contributed by atoms with Crippen molar-refractivity contribution in [3.63, 3.8) is 0 Å². The maximum Gasteiger partial charge on any atom is 0.458 e. The topological polar surface area (TPSA) is 701 Å². The van der Waals surface area contributed by atoms with E-state index in [4.69, 9.17) is 45.7 Å². The van der Waals surface area contributed by atoms with E-state index in [0.717, 1.165) is 23.5 Å². The number of ether oxygens (including phenoxy) is 6. The number of thioether (sulfide) groups is 2. The molecule has 0 aromatic heterocycles. The highest BCUT2D eigenvalue weighted by atomic mass is 32.2. The highest BCUT2D eigenvalue weighted by Crippen LogP contribution is 2.55. The minimum Gasteiger partial charge on any atom is -0.507 e. The summed E-state index contributed by atoms with van der Waals surface area (Å²) < 4.78 is 102. The fraction of sp³-hybridized carbons (Fsp3) is 0.506. The number of phenolic OH excluding ortho intramolecular Hbond substituents is 4. The molecule has 43 nitrogen and oxygen atoms in total. The molecule has 0 saturated carbocycles. The van der Waals surface area contributed by atoms with Crippen LogP contribution < -0.4 is 64.5 Å². The van der Waals surface area contributed by atoms with E-state index in [0.29, 0.717) is 19.3 Å². The van der Waals surface area contributed by atoms with Gasteiger partial charge in [-0.15, -0.1) is 0 Å². The predicted molar refractivity (Wildman–Crippen MR) is 459 cm³/mol. The summed E-state index contributed by atoms with van der Waals surface area (Å²) in [5.74, 6) is -9.84. The molecule has 0 spiro atoms. The number of carbonyl (C=O) groups is 15. The van der Waals surface area contributed by atoms with Crippen LogP contribution in [0.1, 0.15) is 217 Å². The summed E-state index contributed by atoms with van der Waals surface area (Å²) in [5, 5.41) is 125. The van der Waals surface area contributed by atoms with Crippen LogP contribution in [0.3, 0.4) is 0 Å². The molecule has 4 aromatic rings. The van der Waals surface area contributed by atoms with E-state index < -0.39 is 227 Å².